The third-order valence-corrected chi connectivity index (χ3v) is 4.95. The van der Waals surface area contributed by atoms with Crippen LogP contribution in [0.25, 0.3) is 0 Å². The number of rotatable bonds is 4. The molecule has 4 heteroatoms. The Hall–Kier alpha value is -1.26. The van der Waals surface area contributed by atoms with Gasteiger partial charge in [-0.3, -0.25) is 0 Å². The number of fused-ring (bicyclic) bond motifs is 1. The topological polar surface area (TPSA) is 50.7 Å². The minimum atomic E-state index is -0.537. The lowest BCUT2D eigenvalue weighted by atomic mass is 9.84. The highest BCUT2D eigenvalue weighted by Gasteiger charge is 2.30. The number of aliphatic hydroxyl groups is 1. The SMILES string of the molecule is COc1ccc2c(c1)C(NCC1(O)CCCCC1)CCCO2. The van der Waals surface area contributed by atoms with Gasteiger partial charge in [0.05, 0.1) is 19.3 Å². The van der Waals surface area contributed by atoms with E-state index >= 15 is 0 Å². The van der Waals surface area contributed by atoms with E-state index < -0.39 is 5.60 Å². The van der Waals surface area contributed by atoms with Crippen molar-refractivity contribution in [3.63, 3.8) is 0 Å². The molecule has 1 fully saturated rings. The van der Waals surface area contributed by atoms with Gasteiger partial charge < -0.3 is 19.9 Å². The van der Waals surface area contributed by atoms with Crippen LogP contribution in [0.5, 0.6) is 11.5 Å². The lowest BCUT2D eigenvalue weighted by Gasteiger charge is -2.34. The molecule has 0 bridgehead atoms. The van der Waals surface area contributed by atoms with Crippen LogP contribution in [0.1, 0.15) is 56.6 Å². The molecule has 1 saturated carbocycles. The van der Waals surface area contributed by atoms with Crippen molar-refractivity contribution >= 4 is 0 Å². The van der Waals surface area contributed by atoms with E-state index in [-0.39, 0.29) is 6.04 Å². The van der Waals surface area contributed by atoms with Crippen molar-refractivity contribution in [1.29, 1.82) is 0 Å². The molecule has 1 aromatic carbocycles. The monoisotopic (exact) mass is 305 g/mol. The van der Waals surface area contributed by atoms with E-state index in [1.807, 2.05) is 12.1 Å². The zero-order valence-electron chi connectivity index (χ0n) is 13.4. The molecule has 1 aliphatic heterocycles. The number of ether oxygens (including phenoxy) is 2. The van der Waals surface area contributed by atoms with Crippen molar-refractivity contribution in [2.24, 2.45) is 0 Å². The molecule has 1 unspecified atom stereocenters. The van der Waals surface area contributed by atoms with Gasteiger partial charge in [-0.05, 0) is 43.9 Å². The van der Waals surface area contributed by atoms with Crippen LogP contribution in [-0.2, 0) is 0 Å². The molecule has 0 radical (unpaired) electrons. The number of hydrogen-bond acceptors (Lipinski definition) is 4. The standard InChI is InChI=1S/C18H27NO3/c1-21-14-7-8-17-15(12-14)16(6-5-11-22-17)19-13-18(20)9-3-2-4-10-18/h7-8,12,16,19-20H,2-6,9-11,13H2,1H3. The fourth-order valence-corrected chi connectivity index (χ4v) is 3.59. The Kier molecular flexibility index (Phi) is 4.89. The van der Waals surface area contributed by atoms with Crippen LogP contribution in [0.4, 0.5) is 0 Å². The van der Waals surface area contributed by atoms with Crippen molar-refractivity contribution in [3.05, 3.63) is 23.8 Å². The second-order valence-corrected chi connectivity index (χ2v) is 6.61. The van der Waals surface area contributed by atoms with Crippen molar-refractivity contribution in [1.82, 2.24) is 5.32 Å². The van der Waals surface area contributed by atoms with E-state index in [9.17, 15) is 5.11 Å². The van der Waals surface area contributed by atoms with Crippen molar-refractivity contribution < 1.29 is 14.6 Å². The number of hydrogen-bond donors (Lipinski definition) is 2. The zero-order chi connectivity index (χ0) is 15.4. The quantitative estimate of drug-likeness (QED) is 0.897. The minimum absolute atomic E-state index is 0.221. The Morgan fingerprint density at radius 3 is 2.86 bits per heavy atom. The summed E-state index contributed by atoms with van der Waals surface area (Å²) in [4.78, 5) is 0. The highest BCUT2D eigenvalue weighted by atomic mass is 16.5. The van der Waals surface area contributed by atoms with E-state index in [4.69, 9.17) is 9.47 Å². The molecule has 0 spiro atoms. The largest absolute Gasteiger partial charge is 0.497 e. The summed E-state index contributed by atoms with van der Waals surface area (Å²) >= 11 is 0. The molecule has 1 heterocycles. The molecule has 1 aliphatic carbocycles. The van der Waals surface area contributed by atoms with Gasteiger partial charge in [-0.25, -0.2) is 0 Å². The smallest absolute Gasteiger partial charge is 0.124 e. The Balaban J connectivity index is 1.73. The Morgan fingerprint density at radius 1 is 1.27 bits per heavy atom. The Bertz CT molecular complexity index is 497. The first-order valence-corrected chi connectivity index (χ1v) is 8.47. The van der Waals surface area contributed by atoms with Crippen LogP contribution in [0, 0.1) is 0 Å². The maximum absolute atomic E-state index is 10.7. The molecule has 0 aromatic heterocycles. The average molecular weight is 305 g/mol. The Morgan fingerprint density at radius 2 is 2.09 bits per heavy atom. The van der Waals surface area contributed by atoms with Gasteiger partial charge in [0.2, 0.25) is 0 Å². The molecule has 2 N–H and O–H groups in total. The molecular weight excluding hydrogens is 278 g/mol. The van der Waals surface area contributed by atoms with E-state index in [1.165, 1.54) is 6.42 Å². The van der Waals surface area contributed by atoms with Crippen LogP contribution in [0.15, 0.2) is 18.2 Å². The summed E-state index contributed by atoms with van der Waals surface area (Å²) in [5.41, 5.74) is 0.612. The van der Waals surface area contributed by atoms with Crippen LogP contribution in [0.2, 0.25) is 0 Å². The maximum atomic E-state index is 10.7. The summed E-state index contributed by atoms with van der Waals surface area (Å²) in [6.45, 7) is 1.41. The summed E-state index contributed by atoms with van der Waals surface area (Å²) in [6, 6.07) is 6.21. The van der Waals surface area contributed by atoms with E-state index in [0.717, 1.165) is 62.2 Å². The summed E-state index contributed by atoms with van der Waals surface area (Å²) in [7, 11) is 1.69. The molecular formula is C18H27NO3. The van der Waals surface area contributed by atoms with E-state index in [1.54, 1.807) is 7.11 Å². The van der Waals surface area contributed by atoms with Crippen molar-refractivity contribution in [2.75, 3.05) is 20.3 Å². The molecule has 122 valence electrons. The van der Waals surface area contributed by atoms with Gasteiger partial charge in [0.25, 0.3) is 0 Å². The van der Waals surface area contributed by atoms with Gasteiger partial charge in [-0.15, -0.1) is 0 Å². The van der Waals surface area contributed by atoms with Gasteiger partial charge in [0.1, 0.15) is 11.5 Å². The van der Waals surface area contributed by atoms with Crippen molar-refractivity contribution in [3.8, 4) is 11.5 Å². The number of nitrogens with one attached hydrogen (secondary N) is 1. The Labute approximate surface area is 132 Å². The predicted molar refractivity (Wildman–Crippen MR) is 86.5 cm³/mol. The highest BCUT2D eigenvalue weighted by Crippen LogP contribution is 2.35. The minimum Gasteiger partial charge on any atom is -0.497 e. The number of benzene rings is 1. The van der Waals surface area contributed by atoms with Crippen LogP contribution < -0.4 is 14.8 Å². The highest BCUT2D eigenvalue weighted by molar-refractivity contribution is 5.42. The lowest BCUT2D eigenvalue weighted by Crippen LogP contribution is -2.43. The van der Waals surface area contributed by atoms with Gasteiger partial charge in [0, 0.05) is 18.2 Å². The normalized spacial score (nSPS) is 24.0. The van der Waals surface area contributed by atoms with Gasteiger partial charge in [-0.1, -0.05) is 19.3 Å². The fraction of sp³-hybridized carbons (Fsp3) is 0.667. The van der Waals surface area contributed by atoms with E-state index in [0.29, 0.717) is 6.54 Å². The zero-order valence-corrected chi connectivity index (χ0v) is 13.4. The van der Waals surface area contributed by atoms with Crippen LogP contribution in [-0.4, -0.2) is 31.0 Å². The molecule has 2 aliphatic rings. The molecule has 1 aromatic rings. The predicted octanol–water partition coefficient (Wildman–Crippen LogP) is 3.19. The third kappa shape index (κ3) is 3.55. The summed E-state index contributed by atoms with van der Waals surface area (Å²) < 4.78 is 11.2. The molecule has 0 amide bonds. The summed E-state index contributed by atoms with van der Waals surface area (Å²) in [5.74, 6) is 1.79. The van der Waals surface area contributed by atoms with E-state index in [2.05, 4.69) is 11.4 Å². The lowest BCUT2D eigenvalue weighted by molar-refractivity contribution is 0.00238. The van der Waals surface area contributed by atoms with Gasteiger partial charge in [0.15, 0.2) is 0 Å². The van der Waals surface area contributed by atoms with Crippen molar-refractivity contribution in [2.45, 2.75) is 56.6 Å². The summed E-state index contributed by atoms with van der Waals surface area (Å²) in [5, 5.41) is 14.3. The first-order valence-electron chi connectivity index (χ1n) is 8.47. The second kappa shape index (κ2) is 6.88. The molecule has 4 nitrogen and oxygen atoms in total. The maximum Gasteiger partial charge on any atom is 0.124 e. The third-order valence-electron chi connectivity index (χ3n) is 4.95. The fourth-order valence-electron chi connectivity index (χ4n) is 3.59. The first-order chi connectivity index (χ1) is 10.7. The van der Waals surface area contributed by atoms with Crippen LogP contribution in [0.3, 0.4) is 0 Å². The molecule has 0 saturated heterocycles. The molecule has 22 heavy (non-hydrogen) atoms. The molecule has 3 rings (SSSR count). The van der Waals surface area contributed by atoms with Crippen LogP contribution >= 0.6 is 0 Å². The van der Waals surface area contributed by atoms with Gasteiger partial charge >= 0.3 is 0 Å². The first kappa shape index (κ1) is 15.6. The van der Waals surface area contributed by atoms with Gasteiger partial charge in [-0.2, -0.15) is 0 Å². The molecule has 1 atom stereocenters. The number of methoxy groups -OCH3 is 1. The summed E-state index contributed by atoms with van der Waals surface area (Å²) in [6.07, 6.45) is 7.39. The second-order valence-electron chi connectivity index (χ2n) is 6.61. The average Bonchev–Trinajstić information content (AvgIpc) is 2.75.